The van der Waals surface area contributed by atoms with Gasteiger partial charge >= 0.3 is 0 Å². The van der Waals surface area contributed by atoms with Crippen molar-refractivity contribution in [2.24, 2.45) is 0 Å². The summed E-state index contributed by atoms with van der Waals surface area (Å²) < 4.78 is 5.61. The van der Waals surface area contributed by atoms with Crippen molar-refractivity contribution in [1.82, 2.24) is 4.98 Å². The summed E-state index contributed by atoms with van der Waals surface area (Å²) in [5, 5.41) is 2.95. The number of carbonyl (C=O) groups is 1. The smallest absolute Gasteiger partial charge is 0.224 e. The van der Waals surface area contributed by atoms with Crippen LogP contribution in [0.5, 0.6) is 5.75 Å². The summed E-state index contributed by atoms with van der Waals surface area (Å²) >= 11 is 0. The van der Waals surface area contributed by atoms with Crippen LogP contribution in [0.15, 0.2) is 42.5 Å². The van der Waals surface area contributed by atoms with E-state index in [1.807, 2.05) is 49.4 Å². The average Bonchev–Trinajstić information content (AvgIpc) is 3.16. The number of anilines is 2. The Kier molecular flexibility index (Phi) is 5.88. The Morgan fingerprint density at radius 3 is 2.64 bits per heavy atom. The van der Waals surface area contributed by atoms with Gasteiger partial charge in [0, 0.05) is 19.5 Å². The number of ether oxygens (including phenoxy) is 1. The quantitative estimate of drug-likeness (QED) is 0.780. The van der Waals surface area contributed by atoms with Crippen molar-refractivity contribution in [1.29, 1.82) is 0 Å². The minimum atomic E-state index is -0.00418. The summed E-state index contributed by atoms with van der Waals surface area (Å²) in [7, 11) is 0. The highest BCUT2D eigenvalue weighted by Crippen LogP contribution is 2.22. The van der Waals surface area contributed by atoms with Crippen LogP contribution in [0.4, 0.5) is 11.5 Å². The number of aromatic nitrogens is 1. The second-order valence-electron chi connectivity index (χ2n) is 6.31. The third-order valence-electron chi connectivity index (χ3n) is 4.34. The number of hydrogen-bond donors (Lipinski definition) is 1. The molecular weight excluding hydrogens is 314 g/mol. The van der Waals surface area contributed by atoms with Gasteiger partial charge in [-0.05, 0) is 50.5 Å². The third kappa shape index (κ3) is 4.95. The first-order valence-corrected chi connectivity index (χ1v) is 8.93. The maximum atomic E-state index is 12.1. The third-order valence-corrected chi connectivity index (χ3v) is 4.34. The van der Waals surface area contributed by atoms with Crippen LogP contribution in [0, 0.1) is 6.92 Å². The fraction of sp³-hybridized carbons (Fsp3) is 0.400. The lowest BCUT2D eigenvalue weighted by molar-refractivity contribution is -0.116. The van der Waals surface area contributed by atoms with E-state index in [-0.39, 0.29) is 5.91 Å². The van der Waals surface area contributed by atoms with Gasteiger partial charge in [-0.2, -0.15) is 0 Å². The van der Waals surface area contributed by atoms with Crippen molar-refractivity contribution < 1.29 is 9.53 Å². The highest BCUT2D eigenvalue weighted by atomic mass is 16.5. The van der Waals surface area contributed by atoms with Crippen LogP contribution < -0.4 is 15.0 Å². The molecule has 5 heteroatoms. The van der Waals surface area contributed by atoms with E-state index in [1.54, 1.807) is 0 Å². The standard InChI is InChI=1S/C20H25N3O2/c1-16-18(11-12-19(21-16)23-13-5-6-14-23)22-20(24)10-7-15-25-17-8-3-2-4-9-17/h2-4,8-9,11-12H,5-7,10,13-15H2,1H3,(H,22,24). The number of aryl methyl sites for hydroxylation is 1. The lowest BCUT2D eigenvalue weighted by Crippen LogP contribution is -2.20. The molecule has 1 aliphatic rings. The van der Waals surface area contributed by atoms with Crippen LogP contribution in [-0.2, 0) is 4.79 Å². The van der Waals surface area contributed by atoms with E-state index in [0.717, 1.165) is 36.0 Å². The lowest BCUT2D eigenvalue weighted by atomic mass is 10.2. The van der Waals surface area contributed by atoms with Crippen molar-refractivity contribution in [3.8, 4) is 5.75 Å². The molecule has 0 atom stereocenters. The Morgan fingerprint density at radius 2 is 1.92 bits per heavy atom. The zero-order valence-corrected chi connectivity index (χ0v) is 14.7. The molecule has 0 unspecified atom stereocenters. The molecule has 1 aromatic heterocycles. The number of carbonyl (C=O) groups excluding carboxylic acids is 1. The number of nitrogens with zero attached hydrogens (tertiary/aromatic N) is 2. The van der Waals surface area contributed by atoms with Gasteiger partial charge in [-0.15, -0.1) is 0 Å². The molecule has 3 rings (SSSR count). The molecule has 1 fully saturated rings. The Bertz CT molecular complexity index is 697. The molecule has 0 saturated carbocycles. The van der Waals surface area contributed by atoms with Crippen LogP contribution >= 0.6 is 0 Å². The molecule has 0 aliphatic carbocycles. The monoisotopic (exact) mass is 339 g/mol. The van der Waals surface area contributed by atoms with E-state index in [4.69, 9.17) is 4.74 Å². The molecule has 2 heterocycles. The summed E-state index contributed by atoms with van der Waals surface area (Å²) in [6.45, 7) is 4.61. The molecule has 1 aliphatic heterocycles. The highest BCUT2D eigenvalue weighted by molar-refractivity contribution is 5.91. The topological polar surface area (TPSA) is 54.5 Å². The van der Waals surface area contributed by atoms with Crippen LogP contribution in [0.3, 0.4) is 0 Å². The summed E-state index contributed by atoms with van der Waals surface area (Å²) in [5.41, 5.74) is 1.65. The van der Waals surface area contributed by atoms with Gasteiger partial charge in [0.2, 0.25) is 5.91 Å². The first-order valence-electron chi connectivity index (χ1n) is 8.93. The molecule has 1 aromatic carbocycles. The van der Waals surface area contributed by atoms with E-state index in [1.165, 1.54) is 12.8 Å². The molecule has 25 heavy (non-hydrogen) atoms. The summed E-state index contributed by atoms with van der Waals surface area (Å²) in [6.07, 6.45) is 3.56. The molecule has 132 valence electrons. The Morgan fingerprint density at radius 1 is 1.16 bits per heavy atom. The lowest BCUT2D eigenvalue weighted by Gasteiger charge is -2.18. The molecule has 1 N–H and O–H groups in total. The van der Waals surface area contributed by atoms with Crippen LogP contribution in [-0.4, -0.2) is 30.6 Å². The molecule has 2 aromatic rings. The fourth-order valence-corrected chi connectivity index (χ4v) is 2.95. The van der Waals surface area contributed by atoms with Crippen molar-refractivity contribution in [2.45, 2.75) is 32.6 Å². The average molecular weight is 339 g/mol. The van der Waals surface area contributed by atoms with Crippen LogP contribution in [0.25, 0.3) is 0 Å². The number of benzene rings is 1. The Balaban J connectivity index is 1.44. The first kappa shape index (κ1) is 17.3. The number of amides is 1. The van der Waals surface area contributed by atoms with Gasteiger partial charge in [0.15, 0.2) is 0 Å². The molecule has 0 bridgehead atoms. The van der Waals surface area contributed by atoms with Gasteiger partial charge in [-0.3, -0.25) is 4.79 Å². The fourth-order valence-electron chi connectivity index (χ4n) is 2.95. The predicted molar refractivity (Wildman–Crippen MR) is 100 cm³/mol. The number of pyridine rings is 1. The normalized spacial score (nSPS) is 13.7. The minimum Gasteiger partial charge on any atom is -0.494 e. The largest absolute Gasteiger partial charge is 0.494 e. The van der Waals surface area contributed by atoms with Gasteiger partial charge < -0.3 is 15.0 Å². The van der Waals surface area contributed by atoms with Crippen LogP contribution in [0.2, 0.25) is 0 Å². The molecule has 1 saturated heterocycles. The van der Waals surface area contributed by atoms with Gasteiger partial charge in [0.05, 0.1) is 18.0 Å². The molecular formula is C20H25N3O2. The van der Waals surface area contributed by atoms with Crippen molar-refractivity contribution in [2.75, 3.05) is 29.9 Å². The summed E-state index contributed by atoms with van der Waals surface area (Å²) in [4.78, 5) is 19.0. The van der Waals surface area contributed by atoms with Crippen molar-refractivity contribution >= 4 is 17.4 Å². The molecule has 0 spiro atoms. The maximum Gasteiger partial charge on any atom is 0.224 e. The van der Waals surface area contributed by atoms with Crippen molar-refractivity contribution in [3.05, 3.63) is 48.2 Å². The van der Waals surface area contributed by atoms with E-state index in [0.29, 0.717) is 19.4 Å². The van der Waals surface area contributed by atoms with E-state index in [2.05, 4.69) is 15.2 Å². The predicted octanol–water partition coefficient (Wildman–Crippen LogP) is 3.79. The van der Waals surface area contributed by atoms with Crippen molar-refractivity contribution in [3.63, 3.8) is 0 Å². The second-order valence-corrected chi connectivity index (χ2v) is 6.31. The number of nitrogens with one attached hydrogen (secondary N) is 1. The summed E-state index contributed by atoms with van der Waals surface area (Å²) in [5.74, 6) is 1.83. The first-order chi connectivity index (χ1) is 12.2. The van der Waals surface area contributed by atoms with E-state index in [9.17, 15) is 4.79 Å². The van der Waals surface area contributed by atoms with Gasteiger partial charge in [-0.25, -0.2) is 4.98 Å². The summed E-state index contributed by atoms with van der Waals surface area (Å²) in [6, 6.07) is 13.6. The molecule has 1 amide bonds. The Hall–Kier alpha value is -2.56. The van der Waals surface area contributed by atoms with E-state index < -0.39 is 0 Å². The van der Waals surface area contributed by atoms with E-state index >= 15 is 0 Å². The number of rotatable bonds is 7. The maximum absolute atomic E-state index is 12.1. The number of hydrogen-bond acceptors (Lipinski definition) is 4. The SMILES string of the molecule is Cc1nc(N2CCCC2)ccc1NC(=O)CCCOc1ccccc1. The minimum absolute atomic E-state index is 0.00418. The van der Waals surface area contributed by atoms with Gasteiger partial charge in [0.1, 0.15) is 11.6 Å². The zero-order valence-electron chi connectivity index (χ0n) is 14.7. The zero-order chi connectivity index (χ0) is 17.5. The van der Waals surface area contributed by atoms with Gasteiger partial charge in [-0.1, -0.05) is 18.2 Å². The Labute approximate surface area is 149 Å². The van der Waals surface area contributed by atoms with Gasteiger partial charge in [0.25, 0.3) is 0 Å². The van der Waals surface area contributed by atoms with Crippen LogP contribution in [0.1, 0.15) is 31.4 Å². The molecule has 0 radical (unpaired) electrons. The number of para-hydroxylation sites is 1. The molecule has 5 nitrogen and oxygen atoms in total. The second kappa shape index (κ2) is 8.51. The highest BCUT2D eigenvalue weighted by Gasteiger charge is 2.14.